The highest BCUT2D eigenvalue weighted by Crippen LogP contribution is 2.21. The van der Waals surface area contributed by atoms with Crippen LogP contribution in [0.4, 0.5) is 0 Å². The molecule has 5 nitrogen and oxygen atoms in total. The second-order valence-corrected chi connectivity index (χ2v) is 5.93. The number of rotatable bonds is 4. The van der Waals surface area contributed by atoms with Crippen LogP contribution in [0.2, 0.25) is 0 Å². The number of hydrogen-bond acceptors (Lipinski definition) is 5. The van der Waals surface area contributed by atoms with Crippen LogP contribution in [0.5, 0.6) is 0 Å². The van der Waals surface area contributed by atoms with Gasteiger partial charge in [-0.1, -0.05) is 0 Å². The Kier molecular flexibility index (Phi) is 4.31. The van der Waals surface area contributed by atoms with Crippen LogP contribution in [0.15, 0.2) is 11.6 Å². The summed E-state index contributed by atoms with van der Waals surface area (Å²) in [4.78, 5) is 18.5. The molecule has 0 saturated carbocycles. The maximum absolute atomic E-state index is 12.0. The van der Waals surface area contributed by atoms with E-state index in [9.17, 15) is 4.79 Å². The zero-order valence-electron chi connectivity index (χ0n) is 10.9. The monoisotopic (exact) mass is 268 g/mol. The molecule has 1 fully saturated rings. The normalized spacial score (nSPS) is 17.7. The summed E-state index contributed by atoms with van der Waals surface area (Å²) in [6, 6.07) is 0. The number of carbonyl (C=O) groups is 1. The molecule has 1 aromatic heterocycles. The minimum absolute atomic E-state index is 0.0668. The average molecular weight is 268 g/mol. The van der Waals surface area contributed by atoms with Crippen molar-refractivity contribution < 1.29 is 4.79 Å². The molecule has 0 aliphatic carbocycles. The molecule has 1 aliphatic rings. The predicted octanol–water partition coefficient (Wildman–Crippen LogP) is 0.400. The number of thiazole rings is 1. The lowest BCUT2D eigenvalue weighted by Crippen LogP contribution is -2.50. The van der Waals surface area contributed by atoms with E-state index < -0.39 is 0 Å². The minimum atomic E-state index is -0.390. The summed E-state index contributed by atoms with van der Waals surface area (Å²) < 4.78 is 0. The first-order chi connectivity index (χ1) is 8.58. The number of nitrogens with one attached hydrogen (secondary N) is 2. The molecule has 100 valence electrons. The number of piperazine rings is 1. The van der Waals surface area contributed by atoms with E-state index in [0.29, 0.717) is 6.54 Å². The fourth-order valence-corrected chi connectivity index (χ4v) is 2.76. The summed E-state index contributed by atoms with van der Waals surface area (Å²) in [6.45, 7) is 8.24. The van der Waals surface area contributed by atoms with Crippen LogP contribution in [-0.4, -0.2) is 48.5 Å². The van der Waals surface area contributed by atoms with Crippen LogP contribution in [0.1, 0.15) is 18.9 Å². The molecular weight excluding hydrogens is 248 g/mol. The third-order valence-corrected chi connectivity index (χ3v) is 4.09. The van der Waals surface area contributed by atoms with Gasteiger partial charge in [-0.3, -0.25) is 9.69 Å². The Morgan fingerprint density at radius 3 is 2.89 bits per heavy atom. The molecule has 1 aliphatic heterocycles. The fraction of sp³-hybridized carbons (Fsp3) is 0.667. The molecule has 1 aromatic rings. The SMILES string of the molecule is CC(C)(NC(=O)CN1CCNCC1)c1nccs1. The maximum Gasteiger partial charge on any atom is 0.234 e. The van der Waals surface area contributed by atoms with Gasteiger partial charge in [0.25, 0.3) is 0 Å². The quantitative estimate of drug-likeness (QED) is 0.830. The average Bonchev–Trinajstić information content (AvgIpc) is 2.83. The molecular formula is C12H20N4OS. The van der Waals surface area contributed by atoms with Crippen molar-refractivity contribution in [2.45, 2.75) is 19.4 Å². The Morgan fingerprint density at radius 1 is 1.56 bits per heavy atom. The summed E-state index contributed by atoms with van der Waals surface area (Å²) in [6.07, 6.45) is 1.77. The van der Waals surface area contributed by atoms with Gasteiger partial charge in [0.05, 0.1) is 12.1 Å². The highest BCUT2D eigenvalue weighted by atomic mass is 32.1. The zero-order chi connectivity index (χ0) is 13.0. The van der Waals surface area contributed by atoms with Crippen LogP contribution in [0, 0.1) is 0 Å². The van der Waals surface area contributed by atoms with Gasteiger partial charge in [-0.05, 0) is 13.8 Å². The summed E-state index contributed by atoms with van der Waals surface area (Å²) in [7, 11) is 0. The molecule has 0 atom stereocenters. The van der Waals surface area contributed by atoms with Gasteiger partial charge in [0.1, 0.15) is 5.01 Å². The van der Waals surface area contributed by atoms with Crippen molar-refractivity contribution in [2.75, 3.05) is 32.7 Å². The van der Waals surface area contributed by atoms with Gasteiger partial charge in [-0.15, -0.1) is 11.3 Å². The standard InChI is InChI=1S/C12H20N4OS/c1-12(2,11-14-5-8-18-11)15-10(17)9-16-6-3-13-4-7-16/h5,8,13H,3-4,6-7,9H2,1-2H3,(H,15,17). The van der Waals surface area contributed by atoms with Crippen molar-refractivity contribution in [3.8, 4) is 0 Å². The third kappa shape index (κ3) is 3.51. The number of hydrogen-bond donors (Lipinski definition) is 2. The number of carbonyl (C=O) groups excluding carboxylic acids is 1. The lowest BCUT2D eigenvalue weighted by molar-refractivity contribution is -0.124. The van der Waals surface area contributed by atoms with Gasteiger partial charge >= 0.3 is 0 Å². The van der Waals surface area contributed by atoms with Crippen LogP contribution >= 0.6 is 11.3 Å². The fourth-order valence-electron chi connectivity index (χ4n) is 2.05. The second kappa shape index (κ2) is 5.77. The Bertz CT molecular complexity index is 385. The van der Waals surface area contributed by atoms with E-state index >= 15 is 0 Å². The Balaban J connectivity index is 1.86. The summed E-state index contributed by atoms with van der Waals surface area (Å²) >= 11 is 1.57. The highest BCUT2D eigenvalue weighted by Gasteiger charge is 2.26. The summed E-state index contributed by atoms with van der Waals surface area (Å²) in [5.41, 5.74) is -0.390. The molecule has 0 unspecified atom stereocenters. The Morgan fingerprint density at radius 2 is 2.28 bits per heavy atom. The number of nitrogens with zero attached hydrogens (tertiary/aromatic N) is 2. The van der Waals surface area contributed by atoms with Crippen LogP contribution in [-0.2, 0) is 10.3 Å². The maximum atomic E-state index is 12.0. The molecule has 0 spiro atoms. The Labute approximate surface area is 112 Å². The molecule has 0 radical (unpaired) electrons. The summed E-state index contributed by atoms with van der Waals surface area (Å²) in [5, 5.41) is 9.20. The molecule has 0 bridgehead atoms. The van der Waals surface area contributed by atoms with Crippen molar-refractivity contribution in [3.05, 3.63) is 16.6 Å². The van der Waals surface area contributed by atoms with Crippen molar-refractivity contribution in [1.29, 1.82) is 0 Å². The topological polar surface area (TPSA) is 57.3 Å². The smallest absolute Gasteiger partial charge is 0.234 e. The lowest BCUT2D eigenvalue weighted by Gasteiger charge is -2.29. The van der Waals surface area contributed by atoms with Crippen LogP contribution in [0.3, 0.4) is 0 Å². The van der Waals surface area contributed by atoms with E-state index in [2.05, 4.69) is 20.5 Å². The first kappa shape index (κ1) is 13.5. The number of amides is 1. The second-order valence-electron chi connectivity index (χ2n) is 5.04. The first-order valence-electron chi connectivity index (χ1n) is 6.22. The third-order valence-electron chi connectivity index (χ3n) is 3.00. The van der Waals surface area contributed by atoms with E-state index in [-0.39, 0.29) is 11.4 Å². The van der Waals surface area contributed by atoms with Gasteiger partial charge in [-0.25, -0.2) is 4.98 Å². The van der Waals surface area contributed by atoms with Crippen molar-refractivity contribution in [1.82, 2.24) is 20.5 Å². The molecule has 2 N–H and O–H groups in total. The van der Waals surface area contributed by atoms with Crippen molar-refractivity contribution in [3.63, 3.8) is 0 Å². The molecule has 2 rings (SSSR count). The van der Waals surface area contributed by atoms with Gasteiger partial charge in [0, 0.05) is 37.8 Å². The summed E-state index contributed by atoms with van der Waals surface area (Å²) in [5.74, 6) is 0.0668. The molecule has 2 heterocycles. The van der Waals surface area contributed by atoms with Crippen molar-refractivity contribution in [2.24, 2.45) is 0 Å². The van der Waals surface area contributed by atoms with E-state index in [0.717, 1.165) is 31.2 Å². The molecule has 18 heavy (non-hydrogen) atoms. The van der Waals surface area contributed by atoms with Crippen LogP contribution < -0.4 is 10.6 Å². The molecule has 0 aromatic carbocycles. The van der Waals surface area contributed by atoms with Crippen molar-refractivity contribution >= 4 is 17.2 Å². The lowest BCUT2D eigenvalue weighted by atomic mass is 10.1. The molecule has 1 amide bonds. The number of aromatic nitrogens is 1. The van der Waals surface area contributed by atoms with Gasteiger partial charge in [0.2, 0.25) is 5.91 Å². The minimum Gasteiger partial charge on any atom is -0.344 e. The van der Waals surface area contributed by atoms with E-state index in [1.807, 2.05) is 19.2 Å². The van der Waals surface area contributed by atoms with Crippen LogP contribution in [0.25, 0.3) is 0 Å². The largest absolute Gasteiger partial charge is 0.344 e. The zero-order valence-corrected chi connectivity index (χ0v) is 11.7. The molecule has 1 saturated heterocycles. The van der Waals surface area contributed by atoms with E-state index in [1.165, 1.54) is 0 Å². The predicted molar refractivity (Wildman–Crippen MR) is 72.6 cm³/mol. The van der Waals surface area contributed by atoms with E-state index in [4.69, 9.17) is 0 Å². The Hall–Kier alpha value is -0.980. The van der Waals surface area contributed by atoms with Gasteiger partial charge in [-0.2, -0.15) is 0 Å². The van der Waals surface area contributed by atoms with Gasteiger partial charge in [0.15, 0.2) is 0 Å². The first-order valence-corrected chi connectivity index (χ1v) is 7.10. The molecule has 6 heteroatoms. The highest BCUT2D eigenvalue weighted by molar-refractivity contribution is 7.09. The van der Waals surface area contributed by atoms with E-state index in [1.54, 1.807) is 17.5 Å². The van der Waals surface area contributed by atoms with Gasteiger partial charge < -0.3 is 10.6 Å².